The van der Waals surface area contributed by atoms with E-state index in [9.17, 15) is 14.7 Å². The highest BCUT2D eigenvalue weighted by molar-refractivity contribution is 5.75. The lowest BCUT2D eigenvalue weighted by molar-refractivity contribution is -0.122. The SMILES string of the molecule is O=C(CCOCCNC(=O)OC1CC/C=C/CCC1)NCCc1ccc(O)cc1. The Kier molecular flexibility index (Phi) is 10.7. The maximum atomic E-state index is 11.8. The molecule has 1 aliphatic rings. The number of benzene rings is 1. The molecule has 29 heavy (non-hydrogen) atoms. The van der Waals surface area contributed by atoms with E-state index in [1.165, 1.54) is 0 Å². The van der Waals surface area contributed by atoms with Crippen LogP contribution in [0, 0.1) is 0 Å². The van der Waals surface area contributed by atoms with Crippen LogP contribution in [0.3, 0.4) is 0 Å². The van der Waals surface area contributed by atoms with Gasteiger partial charge in [0.2, 0.25) is 5.91 Å². The van der Waals surface area contributed by atoms with Gasteiger partial charge in [0.25, 0.3) is 0 Å². The molecule has 1 aromatic rings. The van der Waals surface area contributed by atoms with Crippen molar-refractivity contribution in [1.82, 2.24) is 10.6 Å². The first-order valence-corrected chi connectivity index (χ1v) is 10.4. The van der Waals surface area contributed by atoms with Gasteiger partial charge in [-0.1, -0.05) is 24.3 Å². The van der Waals surface area contributed by atoms with Gasteiger partial charge < -0.3 is 25.2 Å². The van der Waals surface area contributed by atoms with Crippen LogP contribution in [-0.4, -0.2) is 49.5 Å². The zero-order valence-electron chi connectivity index (χ0n) is 16.9. The minimum Gasteiger partial charge on any atom is -0.508 e. The maximum Gasteiger partial charge on any atom is 0.407 e. The number of carbonyl (C=O) groups excluding carboxylic acids is 2. The molecule has 0 saturated heterocycles. The zero-order valence-corrected chi connectivity index (χ0v) is 16.9. The average Bonchev–Trinajstić information content (AvgIpc) is 2.68. The van der Waals surface area contributed by atoms with Crippen molar-refractivity contribution in [3.8, 4) is 5.75 Å². The molecule has 7 heteroatoms. The van der Waals surface area contributed by atoms with E-state index in [1.54, 1.807) is 12.1 Å². The largest absolute Gasteiger partial charge is 0.508 e. The Bertz CT molecular complexity index is 645. The fourth-order valence-corrected chi connectivity index (χ4v) is 3.03. The quantitative estimate of drug-likeness (QED) is 0.411. The predicted octanol–water partition coefficient (Wildman–Crippen LogP) is 3.07. The van der Waals surface area contributed by atoms with E-state index >= 15 is 0 Å². The molecule has 1 aromatic carbocycles. The molecule has 3 N–H and O–H groups in total. The number of phenols is 1. The van der Waals surface area contributed by atoms with Gasteiger partial charge >= 0.3 is 6.09 Å². The second-order valence-corrected chi connectivity index (χ2v) is 7.06. The smallest absolute Gasteiger partial charge is 0.407 e. The summed E-state index contributed by atoms with van der Waals surface area (Å²) in [5, 5.41) is 14.8. The van der Waals surface area contributed by atoms with Crippen molar-refractivity contribution in [2.45, 2.75) is 51.0 Å². The third kappa shape index (κ3) is 10.5. The Morgan fingerprint density at radius 1 is 1.00 bits per heavy atom. The molecule has 0 radical (unpaired) electrons. The Hall–Kier alpha value is -2.54. The Labute approximate surface area is 172 Å². The number of carbonyl (C=O) groups is 2. The zero-order chi connectivity index (χ0) is 20.7. The number of aromatic hydroxyl groups is 1. The first kappa shape index (κ1) is 22.7. The van der Waals surface area contributed by atoms with Crippen LogP contribution >= 0.6 is 0 Å². The lowest BCUT2D eigenvalue weighted by Gasteiger charge is -2.18. The molecule has 0 heterocycles. The van der Waals surface area contributed by atoms with Crippen molar-refractivity contribution in [3.63, 3.8) is 0 Å². The molecule has 2 rings (SSSR count). The Morgan fingerprint density at radius 3 is 2.62 bits per heavy atom. The van der Waals surface area contributed by atoms with Crippen LogP contribution in [0.4, 0.5) is 4.79 Å². The summed E-state index contributed by atoms with van der Waals surface area (Å²) in [6.45, 7) is 1.53. The molecule has 7 nitrogen and oxygen atoms in total. The fourth-order valence-electron chi connectivity index (χ4n) is 3.03. The maximum absolute atomic E-state index is 11.8. The van der Waals surface area contributed by atoms with Crippen molar-refractivity contribution in [1.29, 1.82) is 0 Å². The number of alkyl carbamates (subject to hydrolysis) is 1. The van der Waals surface area contributed by atoms with Gasteiger partial charge in [0, 0.05) is 19.5 Å². The summed E-state index contributed by atoms with van der Waals surface area (Å²) in [5.74, 6) is 0.157. The van der Waals surface area contributed by atoms with Gasteiger partial charge in [-0.2, -0.15) is 0 Å². The molecule has 0 saturated carbocycles. The number of hydrogen-bond acceptors (Lipinski definition) is 5. The van der Waals surface area contributed by atoms with Gasteiger partial charge in [0.1, 0.15) is 11.9 Å². The van der Waals surface area contributed by atoms with Crippen LogP contribution in [0.5, 0.6) is 5.75 Å². The molecule has 0 spiro atoms. The molecule has 0 bridgehead atoms. The number of ether oxygens (including phenoxy) is 2. The summed E-state index contributed by atoms with van der Waals surface area (Å²) in [4.78, 5) is 23.6. The van der Waals surface area contributed by atoms with Crippen molar-refractivity contribution < 1.29 is 24.2 Å². The average molecular weight is 405 g/mol. The Balaban J connectivity index is 1.44. The topological polar surface area (TPSA) is 96.9 Å². The number of hydrogen-bond donors (Lipinski definition) is 3. The summed E-state index contributed by atoms with van der Waals surface area (Å²) in [6.07, 6.45) is 9.66. The molecule has 0 aromatic heterocycles. The molecule has 1 atom stereocenters. The molecule has 1 unspecified atom stereocenters. The number of rotatable bonds is 10. The summed E-state index contributed by atoms with van der Waals surface area (Å²) in [5.41, 5.74) is 1.05. The van der Waals surface area contributed by atoms with Gasteiger partial charge in [0.15, 0.2) is 0 Å². The van der Waals surface area contributed by atoms with E-state index in [0.29, 0.717) is 32.7 Å². The van der Waals surface area contributed by atoms with Crippen LogP contribution in [0.25, 0.3) is 0 Å². The van der Waals surface area contributed by atoms with E-state index in [-0.39, 0.29) is 24.2 Å². The minimum atomic E-state index is -0.407. The van der Waals surface area contributed by atoms with Gasteiger partial charge in [0.05, 0.1) is 13.2 Å². The van der Waals surface area contributed by atoms with E-state index in [2.05, 4.69) is 22.8 Å². The third-order valence-electron chi connectivity index (χ3n) is 4.65. The molecular weight excluding hydrogens is 372 g/mol. The van der Waals surface area contributed by atoms with Crippen LogP contribution in [0.1, 0.15) is 44.1 Å². The Morgan fingerprint density at radius 2 is 1.79 bits per heavy atom. The van der Waals surface area contributed by atoms with Crippen molar-refractivity contribution in [3.05, 3.63) is 42.0 Å². The number of nitrogens with one attached hydrogen (secondary N) is 2. The fraction of sp³-hybridized carbons (Fsp3) is 0.545. The minimum absolute atomic E-state index is 0.0221. The van der Waals surface area contributed by atoms with Crippen LogP contribution in [0.2, 0.25) is 0 Å². The van der Waals surface area contributed by atoms with E-state index < -0.39 is 6.09 Å². The van der Waals surface area contributed by atoms with E-state index in [0.717, 1.165) is 37.7 Å². The highest BCUT2D eigenvalue weighted by Crippen LogP contribution is 2.15. The molecule has 0 fully saturated rings. The second kappa shape index (κ2) is 13.6. The third-order valence-corrected chi connectivity index (χ3v) is 4.65. The van der Waals surface area contributed by atoms with Crippen LogP contribution in [0.15, 0.2) is 36.4 Å². The first-order valence-electron chi connectivity index (χ1n) is 10.4. The summed E-state index contributed by atoms with van der Waals surface area (Å²) in [6, 6.07) is 6.92. The summed E-state index contributed by atoms with van der Waals surface area (Å²) >= 11 is 0. The van der Waals surface area contributed by atoms with Crippen molar-refractivity contribution in [2.75, 3.05) is 26.3 Å². The molecule has 1 aliphatic carbocycles. The predicted molar refractivity (Wildman–Crippen MR) is 111 cm³/mol. The van der Waals surface area contributed by atoms with E-state index in [4.69, 9.17) is 9.47 Å². The highest BCUT2D eigenvalue weighted by atomic mass is 16.6. The van der Waals surface area contributed by atoms with Gasteiger partial charge in [-0.15, -0.1) is 0 Å². The number of phenolic OH excluding ortho intramolecular Hbond substituents is 1. The summed E-state index contributed by atoms with van der Waals surface area (Å²) < 4.78 is 10.8. The van der Waals surface area contributed by atoms with Gasteiger partial charge in [-0.3, -0.25) is 4.79 Å². The van der Waals surface area contributed by atoms with Gasteiger partial charge in [-0.05, 0) is 56.2 Å². The number of amides is 2. The lowest BCUT2D eigenvalue weighted by Crippen LogP contribution is -2.32. The standard InChI is InChI=1S/C22H32N2O5/c25-19-10-8-18(9-11-19)12-14-23-21(26)13-16-28-17-15-24-22(27)29-20-6-4-2-1-3-5-7-20/h1-2,8-11,20,25H,3-7,12-17H2,(H,23,26)(H,24,27)/b2-1+. The lowest BCUT2D eigenvalue weighted by atomic mass is 10.0. The molecule has 160 valence electrons. The summed E-state index contributed by atoms with van der Waals surface area (Å²) in [7, 11) is 0. The first-order chi connectivity index (χ1) is 14.1. The van der Waals surface area contributed by atoms with Gasteiger partial charge in [-0.25, -0.2) is 4.79 Å². The molecular formula is C22H32N2O5. The monoisotopic (exact) mass is 404 g/mol. The highest BCUT2D eigenvalue weighted by Gasteiger charge is 2.14. The molecule has 2 amide bonds. The van der Waals surface area contributed by atoms with Crippen LogP contribution < -0.4 is 10.6 Å². The number of allylic oxidation sites excluding steroid dienone is 2. The molecule has 0 aliphatic heterocycles. The normalized spacial score (nSPS) is 17.6. The van der Waals surface area contributed by atoms with Crippen molar-refractivity contribution >= 4 is 12.0 Å². The van der Waals surface area contributed by atoms with E-state index in [1.807, 2.05) is 12.1 Å². The van der Waals surface area contributed by atoms with Crippen molar-refractivity contribution in [2.24, 2.45) is 0 Å². The van der Waals surface area contributed by atoms with Crippen LogP contribution in [-0.2, 0) is 20.7 Å². The second-order valence-electron chi connectivity index (χ2n) is 7.06.